The normalized spacial score (nSPS) is 10.7. The summed E-state index contributed by atoms with van der Waals surface area (Å²) in [5, 5.41) is 10.7. The van der Waals surface area contributed by atoms with E-state index in [1.165, 1.54) is 6.07 Å². The third-order valence-electron chi connectivity index (χ3n) is 3.49. The van der Waals surface area contributed by atoms with Gasteiger partial charge in [-0.1, -0.05) is 41.6 Å². The number of carbonyl (C=O) groups is 1. The third kappa shape index (κ3) is 4.24. The summed E-state index contributed by atoms with van der Waals surface area (Å²) >= 11 is 1.10. The first-order valence-corrected chi connectivity index (χ1v) is 8.60. The second-order valence-electron chi connectivity index (χ2n) is 5.51. The van der Waals surface area contributed by atoms with Crippen LogP contribution in [0.2, 0.25) is 0 Å². The summed E-state index contributed by atoms with van der Waals surface area (Å²) in [4.78, 5) is 12.1. The van der Waals surface area contributed by atoms with E-state index in [0.717, 1.165) is 28.6 Å². The molecule has 25 heavy (non-hydrogen) atoms. The molecule has 2 aromatic carbocycles. The van der Waals surface area contributed by atoms with Crippen LogP contribution in [-0.4, -0.2) is 21.9 Å². The highest BCUT2D eigenvalue weighted by atomic mass is 32.2. The van der Waals surface area contributed by atoms with Crippen molar-refractivity contribution >= 4 is 23.4 Å². The molecule has 1 amide bonds. The Hall–Kier alpha value is -2.67. The molecule has 7 heteroatoms. The minimum Gasteiger partial charge on any atom is -0.411 e. The molecular formula is C18H16FN3O2S. The van der Waals surface area contributed by atoms with Crippen LogP contribution >= 0.6 is 11.8 Å². The van der Waals surface area contributed by atoms with Crippen LogP contribution in [0.3, 0.4) is 0 Å². The maximum Gasteiger partial charge on any atom is 0.277 e. The van der Waals surface area contributed by atoms with Gasteiger partial charge in [0.15, 0.2) is 0 Å². The van der Waals surface area contributed by atoms with E-state index in [-0.39, 0.29) is 28.3 Å². The number of carbonyl (C=O) groups excluding carboxylic acids is 1. The smallest absolute Gasteiger partial charge is 0.277 e. The molecule has 1 heterocycles. The highest BCUT2D eigenvalue weighted by molar-refractivity contribution is 7.99. The lowest BCUT2D eigenvalue weighted by atomic mass is 10.1. The summed E-state index contributed by atoms with van der Waals surface area (Å²) in [5.41, 5.74) is 3.14. The van der Waals surface area contributed by atoms with Gasteiger partial charge in [0.2, 0.25) is 5.91 Å². The zero-order valence-electron chi connectivity index (χ0n) is 13.7. The Morgan fingerprint density at radius 1 is 1.20 bits per heavy atom. The fraction of sp³-hybridized carbons (Fsp3) is 0.167. The van der Waals surface area contributed by atoms with Gasteiger partial charge in [-0.2, -0.15) is 0 Å². The predicted octanol–water partition coefficient (Wildman–Crippen LogP) is 4.22. The van der Waals surface area contributed by atoms with Crippen LogP contribution in [0, 0.1) is 19.7 Å². The number of hydrogen-bond acceptors (Lipinski definition) is 5. The molecule has 0 atom stereocenters. The number of aromatic nitrogens is 2. The second-order valence-corrected chi connectivity index (χ2v) is 6.43. The molecule has 5 nitrogen and oxygen atoms in total. The van der Waals surface area contributed by atoms with Crippen LogP contribution < -0.4 is 5.32 Å². The van der Waals surface area contributed by atoms with E-state index >= 15 is 0 Å². The van der Waals surface area contributed by atoms with Gasteiger partial charge in [-0.3, -0.25) is 4.79 Å². The molecule has 0 fully saturated rings. The minimum atomic E-state index is -0.435. The van der Waals surface area contributed by atoms with E-state index in [1.54, 1.807) is 18.2 Å². The molecule has 3 rings (SSSR count). The van der Waals surface area contributed by atoms with Gasteiger partial charge in [-0.15, -0.1) is 10.2 Å². The molecule has 0 spiro atoms. The number of rotatable bonds is 5. The lowest BCUT2D eigenvalue weighted by Gasteiger charge is -2.08. The molecule has 0 aliphatic carbocycles. The molecule has 3 aromatic rings. The number of nitrogens with one attached hydrogen (secondary N) is 1. The van der Waals surface area contributed by atoms with Gasteiger partial charge >= 0.3 is 0 Å². The second kappa shape index (κ2) is 7.48. The summed E-state index contributed by atoms with van der Waals surface area (Å²) in [6, 6.07) is 12.0. The van der Waals surface area contributed by atoms with Gasteiger partial charge in [0.25, 0.3) is 11.1 Å². The van der Waals surface area contributed by atoms with Crippen molar-refractivity contribution in [1.29, 1.82) is 0 Å². The largest absolute Gasteiger partial charge is 0.411 e. The topological polar surface area (TPSA) is 68.0 Å². The number of amides is 1. The zero-order valence-corrected chi connectivity index (χ0v) is 14.6. The van der Waals surface area contributed by atoms with Crippen LogP contribution in [0.15, 0.2) is 52.1 Å². The molecule has 0 bridgehead atoms. The van der Waals surface area contributed by atoms with Gasteiger partial charge in [-0.05, 0) is 37.6 Å². The quantitative estimate of drug-likeness (QED) is 0.692. The Morgan fingerprint density at radius 3 is 2.76 bits per heavy atom. The minimum absolute atomic E-state index is 0.0930. The van der Waals surface area contributed by atoms with E-state index in [0.29, 0.717) is 0 Å². The monoisotopic (exact) mass is 357 g/mol. The lowest BCUT2D eigenvalue weighted by molar-refractivity contribution is -0.113. The molecule has 0 saturated carbocycles. The van der Waals surface area contributed by atoms with Gasteiger partial charge in [-0.25, -0.2) is 4.39 Å². The van der Waals surface area contributed by atoms with Crippen molar-refractivity contribution < 1.29 is 13.6 Å². The number of benzene rings is 2. The summed E-state index contributed by atoms with van der Waals surface area (Å²) in [5.74, 6) is -0.403. The van der Waals surface area contributed by atoms with Crippen LogP contribution in [-0.2, 0) is 4.79 Å². The van der Waals surface area contributed by atoms with E-state index in [9.17, 15) is 9.18 Å². The van der Waals surface area contributed by atoms with Crippen LogP contribution in [0.4, 0.5) is 10.1 Å². The number of anilines is 1. The maximum absolute atomic E-state index is 13.7. The first-order chi connectivity index (χ1) is 12.0. The highest BCUT2D eigenvalue weighted by Crippen LogP contribution is 2.25. The van der Waals surface area contributed by atoms with Crippen molar-refractivity contribution in [3.8, 4) is 11.5 Å². The number of hydrogen-bond donors (Lipinski definition) is 1. The first-order valence-electron chi connectivity index (χ1n) is 7.61. The number of nitrogens with zero attached hydrogens (tertiary/aromatic N) is 2. The summed E-state index contributed by atoms with van der Waals surface area (Å²) < 4.78 is 19.1. The molecule has 0 unspecified atom stereocenters. The van der Waals surface area contributed by atoms with Crippen LogP contribution in [0.5, 0.6) is 0 Å². The average molecular weight is 357 g/mol. The van der Waals surface area contributed by atoms with Crippen molar-refractivity contribution in [3.63, 3.8) is 0 Å². The fourth-order valence-electron chi connectivity index (χ4n) is 2.28. The lowest BCUT2D eigenvalue weighted by Crippen LogP contribution is -2.14. The molecule has 128 valence electrons. The number of thioether (sulfide) groups is 1. The van der Waals surface area contributed by atoms with Crippen molar-refractivity contribution in [3.05, 3.63) is 59.4 Å². The Balaban J connectivity index is 1.60. The van der Waals surface area contributed by atoms with Gasteiger partial charge in [0, 0.05) is 5.69 Å². The SMILES string of the molecule is Cc1ccc(NC(=O)CSc2nnc(-c3ccccc3F)o2)c(C)c1. The van der Waals surface area contributed by atoms with Gasteiger partial charge in [0.1, 0.15) is 5.82 Å². The molecule has 1 N–H and O–H groups in total. The van der Waals surface area contributed by atoms with Gasteiger partial charge in [0.05, 0.1) is 11.3 Å². The Labute approximate surface area is 148 Å². The predicted molar refractivity (Wildman–Crippen MR) is 95.0 cm³/mol. The highest BCUT2D eigenvalue weighted by Gasteiger charge is 2.14. The summed E-state index contributed by atoms with van der Waals surface area (Å²) in [6.07, 6.45) is 0. The Kier molecular flexibility index (Phi) is 5.14. The maximum atomic E-state index is 13.7. The van der Waals surface area contributed by atoms with E-state index in [1.807, 2.05) is 32.0 Å². The molecule has 0 radical (unpaired) electrons. The molecule has 0 aliphatic rings. The van der Waals surface area contributed by atoms with Crippen molar-refractivity contribution in [2.75, 3.05) is 11.1 Å². The van der Waals surface area contributed by atoms with E-state index in [4.69, 9.17) is 4.42 Å². The molecule has 0 aliphatic heterocycles. The summed E-state index contributed by atoms with van der Waals surface area (Å²) in [7, 11) is 0. The molecular weight excluding hydrogens is 341 g/mol. The zero-order chi connectivity index (χ0) is 17.8. The molecule has 0 saturated heterocycles. The van der Waals surface area contributed by atoms with E-state index < -0.39 is 5.82 Å². The molecule has 1 aromatic heterocycles. The standard InChI is InChI=1S/C18H16FN3O2S/c1-11-7-8-15(12(2)9-11)20-16(23)10-25-18-22-21-17(24-18)13-5-3-4-6-14(13)19/h3-9H,10H2,1-2H3,(H,20,23). The number of halogens is 1. The number of aryl methyl sites for hydroxylation is 2. The third-order valence-corrected chi connectivity index (χ3v) is 4.31. The van der Waals surface area contributed by atoms with E-state index in [2.05, 4.69) is 15.5 Å². The summed E-state index contributed by atoms with van der Waals surface area (Å²) in [6.45, 7) is 3.94. The fourth-order valence-corrected chi connectivity index (χ4v) is 2.84. The van der Waals surface area contributed by atoms with Gasteiger partial charge < -0.3 is 9.73 Å². The van der Waals surface area contributed by atoms with Crippen molar-refractivity contribution in [2.45, 2.75) is 19.1 Å². The van der Waals surface area contributed by atoms with Crippen LogP contribution in [0.1, 0.15) is 11.1 Å². The van der Waals surface area contributed by atoms with Crippen LogP contribution in [0.25, 0.3) is 11.5 Å². The van der Waals surface area contributed by atoms with Crippen molar-refractivity contribution in [1.82, 2.24) is 10.2 Å². The Bertz CT molecular complexity index is 911. The Morgan fingerprint density at radius 2 is 2.00 bits per heavy atom. The van der Waals surface area contributed by atoms with Crippen molar-refractivity contribution in [2.24, 2.45) is 0 Å². The average Bonchev–Trinajstić information content (AvgIpc) is 3.05. The first kappa shape index (κ1) is 17.2.